The lowest BCUT2D eigenvalue weighted by Gasteiger charge is -2.18. The minimum absolute atomic E-state index is 0.100. The SMILES string of the molecule is O=C(Cc1ccc2c(c1)OCCO2)OCc1nnc(-c2ccco2)o1. The first kappa shape index (κ1) is 15.3. The van der Waals surface area contributed by atoms with Gasteiger partial charge in [0, 0.05) is 0 Å². The van der Waals surface area contributed by atoms with E-state index in [1.165, 1.54) is 6.26 Å². The van der Waals surface area contributed by atoms with Gasteiger partial charge in [-0.15, -0.1) is 10.2 Å². The van der Waals surface area contributed by atoms with Crippen molar-refractivity contribution in [1.29, 1.82) is 0 Å². The van der Waals surface area contributed by atoms with Crippen LogP contribution in [0.15, 0.2) is 45.4 Å². The summed E-state index contributed by atoms with van der Waals surface area (Å²) in [4.78, 5) is 12.0. The number of aromatic nitrogens is 2. The molecular weight excluding hydrogens is 328 g/mol. The van der Waals surface area contributed by atoms with E-state index in [1.807, 2.05) is 0 Å². The van der Waals surface area contributed by atoms with Crippen LogP contribution >= 0.6 is 0 Å². The average Bonchev–Trinajstić information content (AvgIpc) is 3.31. The number of benzene rings is 1. The summed E-state index contributed by atoms with van der Waals surface area (Å²) in [6, 6.07) is 8.77. The van der Waals surface area contributed by atoms with Crippen LogP contribution in [0.4, 0.5) is 0 Å². The molecule has 0 aliphatic carbocycles. The molecule has 1 aromatic carbocycles. The largest absolute Gasteiger partial charge is 0.486 e. The van der Waals surface area contributed by atoms with Gasteiger partial charge in [-0.3, -0.25) is 4.79 Å². The second-order valence-electron chi connectivity index (χ2n) is 5.29. The summed E-state index contributed by atoms with van der Waals surface area (Å²) in [5.41, 5.74) is 0.774. The van der Waals surface area contributed by atoms with Gasteiger partial charge in [0.1, 0.15) is 13.2 Å². The van der Waals surface area contributed by atoms with Crippen LogP contribution in [0.1, 0.15) is 11.5 Å². The average molecular weight is 342 g/mol. The lowest BCUT2D eigenvalue weighted by atomic mass is 10.1. The molecule has 0 saturated carbocycles. The molecule has 1 aliphatic heterocycles. The molecule has 0 radical (unpaired) electrons. The third-order valence-electron chi connectivity index (χ3n) is 3.51. The molecule has 0 bridgehead atoms. The van der Waals surface area contributed by atoms with Crippen molar-refractivity contribution in [3.63, 3.8) is 0 Å². The summed E-state index contributed by atoms with van der Waals surface area (Å²) in [6.07, 6.45) is 1.61. The predicted molar refractivity (Wildman–Crippen MR) is 82.9 cm³/mol. The van der Waals surface area contributed by atoms with Crippen LogP contribution in [0.25, 0.3) is 11.7 Å². The fourth-order valence-corrected chi connectivity index (χ4v) is 2.37. The zero-order valence-corrected chi connectivity index (χ0v) is 13.1. The molecule has 1 aliphatic rings. The van der Waals surface area contributed by atoms with Crippen LogP contribution in [0.2, 0.25) is 0 Å². The second-order valence-corrected chi connectivity index (χ2v) is 5.29. The maximum Gasteiger partial charge on any atom is 0.310 e. The Hall–Kier alpha value is -3.29. The second kappa shape index (κ2) is 6.68. The van der Waals surface area contributed by atoms with Crippen molar-refractivity contribution in [2.75, 3.05) is 13.2 Å². The molecule has 25 heavy (non-hydrogen) atoms. The van der Waals surface area contributed by atoms with Crippen molar-refractivity contribution in [3.8, 4) is 23.1 Å². The third-order valence-corrected chi connectivity index (χ3v) is 3.51. The van der Waals surface area contributed by atoms with Crippen LogP contribution < -0.4 is 9.47 Å². The van der Waals surface area contributed by atoms with E-state index in [1.54, 1.807) is 30.3 Å². The molecule has 0 atom stereocenters. The van der Waals surface area contributed by atoms with Crippen molar-refractivity contribution >= 4 is 5.97 Å². The summed E-state index contributed by atoms with van der Waals surface area (Å²) in [5, 5.41) is 7.66. The number of fused-ring (bicyclic) bond motifs is 1. The summed E-state index contributed by atoms with van der Waals surface area (Å²) < 4.78 is 26.6. The Bertz CT molecular complexity index is 871. The van der Waals surface area contributed by atoms with Crippen molar-refractivity contribution in [1.82, 2.24) is 10.2 Å². The number of carbonyl (C=O) groups excluding carboxylic acids is 1. The Kier molecular flexibility index (Phi) is 4.07. The number of nitrogens with zero attached hydrogens (tertiary/aromatic N) is 2. The number of ether oxygens (including phenoxy) is 3. The normalized spacial score (nSPS) is 12.8. The molecule has 0 unspecified atom stereocenters. The summed E-state index contributed by atoms with van der Waals surface area (Å²) >= 11 is 0. The standard InChI is InChI=1S/C17H14N2O6/c20-16(9-11-3-4-12-14(8-11)23-7-6-22-12)24-10-15-18-19-17(25-15)13-2-1-5-21-13/h1-5,8H,6-7,9-10H2. The van der Waals surface area contributed by atoms with Gasteiger partial charge in [0.05, 0.1) is 12.7 Å². The lowest BCUT2D eigenvalue weighted by Crippen LogP contribution is -2.16. The van der Waals surface area contributed by atoms with Gasteiger partial charge in [-0.25, -0.2) is 0 Å². The summed E-state index contributed by atoms with van der Waals surface area (Å²) in [6.45, 7) is 0.922. The molecule has 3 heterocycles. The van der Waals surface area contributed by atoms with Crippen LogP contribution in [0, 0.1) is 0 Å². The third kappa shape index (κ3) is 3.47. The van der Waals surface area contributed by atoms with E-state index in [4.69, 9.17) is 23.0 Å². The number of rotatable bonds is 5. The van der Waals surface area contributed by atoms with E-state index < -0.39 is 5.97 Å². The Morgan fingerprint density at radius 3 is 2.84 bits per heavy atom. The highest BCUT2D eigenvalue weighted by Crippen LogP contribution is 2.30. The number of furan rings is 1. The first-order valence-electron chi connectivity index (χ1n) is 7.68. The smallest absolute Gasteiger partial charge is 0.310 e. The zero-order valence-electron chi connectivity index (χ0n) is 13.1. The highest BCUT2D eigenvalue weighted by atomic mass is 16.6. The molecule has 4 rings (SSSR count). The van der Waals surface area contributed by atoms with Gasteiger partial charge in [0.2, 0.25) is 0 Å². The van der Waals surface area contributed by atoms with Crippen LogP contribution in [0.5, 0.6) is 11.5 Å². The van der Waals surface area contributed by atoms with Crippen LogP contribution in [0.3, 0.4) is 0 Å². The molecule has 2 aromatic heterocycles. The van der Waals surface area contributed by atoms with E-state index >= 15 is 0 Å². The molecule has 0 N–H and O–H groups in total. The van der Waals surface area contributed by atoms with Crippen molar-refractivity contribution in [2.45, 2.75) is 13.0 Å². The molecule has 3 aromatic rings. The van der Waals surface area contributed by atoms with Gasteiger partial charge in [-0.1, -0.05) is 6.07 Å². The molecule has 8 heteroatoms. The molecule has 0 amide bonds. The van der Waals surface area contributed by atoms with Gasteiger partial charge in [-0.2, -0.15) is 0 Å². The number of hydrogen-bond acceptors (Lipinski definition) is 8. The van der Waals surface area contributed by atoms with E-state index in [9.17, 15) is 4.79 Å². The van der Waals surface area contributed by atoms with Crippen LogP contribution in [-0.4, -0.2) is 29.4 Å². The fraction of sp³-hybridized carbons (Fsp3) is 0.235. The van der Waals surface area contributed by atoms with E-state index in [2.05, 4.69) is 10.2 Å². The molecule has 8 nitrogen and oxygen atoms in total. The predicted octanol–water partition coefficient (Wildman–Crippen LogP) is 2.39. The molecule has 0 spiro atoms. The quantitative estimate of drug-likeness (QED) is 0.652. The van der Waals surface area contributed by atoms with Gasteiger partial charge in [0.15, 0.2) is 23.9 Å². The highest BCUT2D eigenvalue weighted by Gasteiger charge is 2.15. The topological polar surface area (TPSA) is 96.8 Å². The van der Waals surface area contributed by atoms with E-state index in [0.717, 1.165) is 5.56 Å². The Labute approximate surface area is 142 Å². The molecule has 0 fully saturated rings. The fourth-order valence-electron chi connectivity index (χ4n) is 2.37. The number of hydrogen-bond donors (Lipinski definition) is 0. The maximum absolute atomic E-state index is 12.0. The van der Waals surface area contributed by atoms with Gasteiger partial charge in [0.25, 0.3) is 11.8 Å². The monoisotopic (exact) mass is 342 g/mol. The van der Waals surface area contributed by atoms with Crippen LogP contribution in [-0.2, 0) is 22.6 Å². The minimum atomic E-state index is -0.408. The van der Waals surface area contributed by atoms with Gasteiger partial charge < -0.3 is 23.0 Å². The number of carbonyl (C=O) groups is 1. The Morgan fingerprint density at radius 2 is 2.00 bits per heavy atom. The molecule has 0 saturated heterocycles. The molecular formula is C17H14N2O6. The van der Waals surface area contributed by atoms with Crippen molar-refractivity contribution in [3.05, 3.63) is 48.0 Å². The van der Waals surface area contributed by atoms with Gasteiger partial charge >= 0.3 is 5.97 Å². The summed E-state index contributed by atoms with van der Waals surface area (Å²) in [5.74, 6) is 1.80. The van der Waals surface area contributed by atoms with E-state index in [0.29, 0.717) is 30.5 Å². The lowest BCUT2D eigenvalue weighted by molar-refractivity contribution is -0.144. The Balaban J connectivity index is 1.33. The van der Waals surface area contributed by atoms with Crippen molar-refractivity contribution in [2.24, 2.45) is 0 Å². The highest BCUT2D eigenvalue weighted by molar-refractivity contribution is 5.73. The van der Waals surface area contributed by atoms with E-state index in [-0.39, 0.29) is 24.8 Å². The number of esters is 1. The first-order valence-corrected chi connectivity index (χ1v) is 7.68. The summed E-state index contributed by atoms with van der Waals surface area (Å²) in [7, 11) is 0. The zero-order chi connectivity index (χ0) is 17.1. The Morgan fingerprint density at radius 1 is 1.12 bits per heavy atom. The molecule has 128 valence electrons. The van der Waals surface area contributed by atoms with Gasteiger partial charge in [-0.05, 0) is 29.8 Å². The first-order chi connectivity index (χ1) is 12.3. The maximum atomic E-state index is 12.0. The minimum Gasteiger partial charge on any atom is -0.486 e. The van der Waals surface area contributed by atoms with Crippen molar-refractivity contribution < 1.29 is 27.8 Å².